The van der Waals surface area contributed by atoms with Gasteiger partial charge in [0, 0.05) is 24.9 Å². The minimum atomic E-state index is -0.289. The number of hydrogen-bond donors (Lipinski definition) is 1. The van der Waals surface area contributed by atoms with Crippen LogP contribution in [0.2, 0.25) is 0 Å². The third-order valence-electron chi connectivity index (χ3n) is 4.05. The minimum Gasteiger partial charge on any atom is -0.352 e. The van der Waals surface area contributed by atoms with Gasteiger partial charge in [-0.05, 0) is 48.4 Å². The normalized spacial score (nSPS) is 14.0. The van der Waals surface area contributed by atoms with Gasteiger partial charge in [0.15, 0.2) is 0 Å². The van der Waals surface area contributed by atoms with Gasteiger partial charge in [0.1, 0.15) is 5.82 Å². The Morgan fingerprint density at radius 3 is 2.16 bits per heavy atom. The first-order valence-electron chi connectivity index (χ1n) is 8.03. The van der Waals surface area contributed by atoms with Gasteiger partial charge in [0.05, 0.1) is 5.69 Å². The van der Waals surface area contributed by atoms with Crippen molar-refractivity contribution in [2.24, 2.45) is 0 Å². The van der Waals surface area contributed by atoms with Gasteiger partial charge >= 0.3 is 0 Å². The first-order chi connectivity index (χ1) is 12.0. The van der Waals surface area contributed by atoms with Crippen molar-refractivity contribution < 1.29 is 18.8 Å². The number of amides is 3. The van der Waals surface area contributed by atoms with E-state index in [0.717, 1.165) is 10.5 Å². The molecule has 0 unspecified atom stereocenters. The lowest BCUT2D eigenvalue weighted by molar-refractivity contribution is -0.121. The van der Waals surface area contributed by atoms with E-state index in [1.165, 1.54) is 12.1 Å². The number of benzene rings is 2. The van der Waals surface area contributed by atoms with Crippen LogP contribution in [0.5, 0.6) is 0 Å². The summed E-state index contributed by atoms with van der Waals surface area (Å²) >= 11 is 0. The van der Waals surface area contributed by atoms with Crippen LogP contribution < -0.4 is 10.2 Å². The lowest BCUT2D eigenvalue weighted by Gasteiger charge is -2.14. The molecule has 3 rings (SSSR count). The SMILES string of the molecule is O=C(NCCc1ccc(F)cc1)c1ccc(N2C(=O)CCC2=O)cc1. The summed E-state index contributed by atoms with van der Waals surface area (Å²) in [7, 11) is 0. The molecule has 5 nitrogen and oxygen atoms in total. The quantitative estimate of drug-likeness (QED) is 0.850. The molecule has 1 aliphatic heterocycles. The highest BCUT2D eigenvalue weighted by molar-refractivity contribution is 6.19. The number of nitrogens with one attached hydrogen (secondary N) is 1. The smallest absolute Gasteiger partial charge is 0.251 e. The van der Waals surface area contributed by atoms with E-state index in [1.54, 1.807) is 36.4 Å². The Balaban J connectivity index is 1.56. The third-order valence-corrected chi connectivity index (χ3v) is 4.05. The summed E-state index contributed by atoms with van der Waals surface area (Å²) in [5, 5.41) is 2.79. The molecule has 1 fully saturated rings. The number of carbonyl (C=O) groups is 3. The van der Waals surface area contributed by atoms with Crippen LogP contribution in [-0.4, -0.2) is 24.3 Å². The highest BCUT2D eigenvalue weighted by Crippen LogP contribution is 2.22. The predicted octanol–water partition coefficient (Wildman–Crippen LogP) is 2.45. The number of imide groups is 1. The predicted molar refractivity (Wildman–Crippen MR) is 90.6 cm³/mol. The second-order valence-corrected chi connectivity index (χ2v) is 5.80. The molecule has 0 radical (unpaired) electrons. The zero-order chi connectivity index (χ0) is 17.8. The van der Waals surface area contributed by atoms with Gasteiger partial charge in [-0.25, -0.2) is 4.39 Å². The summed E-state index contributed by atoms with van der Waals surface area (Å²) < 4.78 is 12.8. The molecule has 0 spiro atoms. The van der Waals surface area contributed by atoms with Crippen molar-refractivity contribution in [3.8, 4) is 0 Å². The second-order valence-electron chi connectivity index (χ2n) is 5.80. The van der Waals surface area contributed by atoms with E-state index in [9.17, 15) is 18.8 Å². The molecule has 1 saturated heterocycles. The molecule has 2 aromatic rings. The first kappa shape index (κ1) is 16.8. The lowest BCUT2D eigenvalue weighted by atomic mass is 10.1. The van der Waals surface area contributed by atoms with Crippen LogP contribution in [0.4, 0.5) is 10.1 Å². The molecule has 0 saturated carbocycles. The topological polar surface area (TPSA) is 66.5 Å². The van der Waals surface area contributed by atoms with Crippen molar-refractivity contribution in [2.75, 3.05) is 11.4 Å². The Morgan fingerprint density at radius 1 is 0.960 bits per heavy atom. The highest BCUT2D eigenvalue weighted by Gasteiger charge is 2.30. The fraction of sp³-hybridized carbons (Fsp3) is 0.211. The van der Waals surface area contributed by atoms with Crippen LogP contribution in [-0.2, 0) is 16.0 Å². The molecule has 128 valence electrons. The van der Waals surface area contributed by atoms with Gasteiger partial charge in [-0.3, -0.25) is 19.3 Å². The molecule has 1 aliphatic rings. The molecule has 1 N–H and O–H groups in total. The van der Waals surface area contributed by atoms with E-state index in [2.05, 4.69) is 5.32 Å². The van der Waals surface area contributed by atoms with Crippen LogP contribution in [0.15, 0.2) is 48.5 Å². The van der Waals surface area contributed by atoms with E-state index in [0.29, 0.717) is 24.2 Å². The molecular formula is C19H17FN2O3. The molecule has 1 heterocycles. The maximum Gasteiger partial charge on any atom is 0.251 e. The van der Waals surface area contributed by atoms with E-state index in [4.69, 9.17) is 0 Å². The van der Waals surface area contributed by atoms with Crippen molar-refractivity contribution in [1.29, 1.82) is 0 Å². The van der Waals surface area contributed by atoms with Crippen molar-refractivity contribution in [1.82, 2.24) is 5.32 Å². The number of halogens is 1. The summed E-state index contributed by atoms with van der Waals surface area (Å²) in [6.45, 7) is 0.426. The van der Waals surface area contributed by atoms with Crippen molar-refractivity contribution in [3.63, 3.8) is 0 Å². The summed E-state index contributed by atoms with van der Waals surface area (Å²) in [4.78, 5) is 36.7. The van der Waals surface area contributed by atoms with Crippen LogP contribution >= 0.6 is 0 Å². The third kappa shape index (κ3) is 3.91. The number of rotatable bonds is 5. The fourth-order valence-electron chi connectivity index (χ4n) is 2.70. The number of carbonyl (C=O) groups excluding carboxylic acids is 3. The maximum absolute atomic E-state index is 12.8. The van der Waals surface area contributed by atoms with Gasteiger partial charge in [-0.15, -0.1) is 0 Å². The Hall–Kier alpha value is -3.02. The summed E-state index contributed by atoms with van der Waals surface area (Å²) in [6.07, 6.45) is 1.05. The fourth-order valence-corrected chi connectivity index (χ4v) is 2.70. The molecule has 3 amide bonds. The Kier molecular flexibility index (Phi) is 4.88. The lowest BCUT2D eigenvalue weighted by Crippen LogP contribution is -2.29. The van der Waals surface area contributed by atoms with Crippen LogP contribution in [0.3, 0.4) is 0 Å². The Morgan fingerprint density at radius 2 is 1.56 bits per heavy atom. The monoisotopic (exact) mass is 340 g/mol. The van der Waals surface area contributed by atoms with Gasteiger partial charge in [0.2, 0.25) is 11.8 Å². The summed E-state index contributed by atoms with van der Waals surface area (Å²) in [5.74, 6) is -0.974. The number of nitrogens with zero attached hydrogens (tertiary/aromatic N) is 1. The Labute approximate surface area is 144 Å². The number of anilines is 1. The zero-order valence-electron chi connectivity index (χ0n) is 13.5. The van der Waals surface area contributed by atoms with E-state index in [1.807, 2.05) is 0 Å². The highest BCUT2D eigenvalue weighted by atomic mass is 19.1. The van der Waals surface area contributed by atoms with Crippen LogP contribution in [0.1, 0.15) is 28.8 Å². The largest absolute Gasteiger partial charge is 0.352 e. The van der Waals surface area contributed by atoms with Crippen molar-refractivity contribution >= 4 is 23.4 Å². The van der Waals surface area contributed by atoms with Crippen molar-refractivity contribution in [2.45, 2.75) is 19.3 Å². The maximum atomic E-state index is 12.8. The molecular weight excluding hydrogens is 323 g/mol. The molecule has 0 atom stereocenters. The zero-order valence-corrected chi connectivity index (χ0v) is 13.5. The van der Waals surface area contributed by atoms with Crippen molar-refractivity contribution in [3.05, 3.63) is 65.5 Å². The summed E-state index contributed by atoms with van der Waals surface area (Å²) in [6, 6.07) is 12.5. The minimum absolute atomic E-state index is 0.221. The molecule has 0 bridgehead atoms. The molecule has 2 aromatic carbocycles. The van der Waals surface area contributed by atoms with Crippen LogP contribution in [0, 0.1) is 5.82 Å². The van der Waals surface area contributed by atoms with E-state index in [-0.39, 0.29) is 36.4 Å². The van der Waals surface area contributed by atoms with Gasteiger partial charge in [-0.2, -0.15) is 0 Å². The van der Waals surface area contributed by atoms with Gasteiger partial charge < -0.3 is 5.32 Å². The summed E-state index contributed by atoms with van der Waals surface area (Å²) in [5.41, 5.74) is 1.86. The standard InChI is InChI=1S/C19H17FN2O3/c20-15-5-1-13(2-6-15)11-12-21-19(25)14-3-7-16(8-4-14)22-17(23)9-10-18(22)24/h1-8H,9-12H2,(H,21,25). The molecule has 6 heteroatoms. The number of hydrogen-bond acceptors (Lipinski definition) is 3. The van der Waals surface area contributed by atoms with E-state index >= 15 is 0 Å². The molecule has 25 heavy (non-hydrogen) atoms. The average Bonchev–Trinajstić information content (AvgIpc) is 2.95. The van der Waals surface area contributed by atoms with Gasteiger partial charge in [0.25, 0.3) is 5.91 Å². The average molecular weight is 340 g/mol. The molecule has 0 aliphatic carbocycles. The van der Waals surface area contributed by atoms with E-state index < -0.39 is 0 Å². The first-order valence-corrected chi connectivity index (χ1v) is 8.03. The van der Waals surface area contributed by atoms with Gasteiger partial charge in [-0.1, -0.05) is 12.1 Å². The Bertz CT molecular complexity index is 784. The molecule has 0 aromatic heterocycles. The second kappa shape index (κ2) is 7.25. The van der Waals surface area contributed by atoms with Crippen LogP contribution in [0.25, 0.3) is 0 Å².